The molecule has 1 aliphatic heterocycles. The fourth-order valence-electron chi connectivity index (χ4n) is 2.10. The smallest absolute Gasteiger partial charge is 0.0747 e. The van der Waals surface area contributed by atoms with E-state index in [1.54, 1.807) is 0 Å². The van der Waals surface area contributed by atoms with Crippen molar-refractivity contribution in [2.75, 3.05) is 6.54 Å². The van der Waals surface area contributed by atoms with Gasteiger partial charge in [-0.05, 0) is 34.1 Å². The summed E-state index contributed by atoms with van der Waals surface area (Å²) in [6, 6.07) is 0.469. The molecule has 2 atom stereocenters. The van der Waals surface area contributed by atoms with Gasteiger partial charge in [-0.15, -0.1) is 0 Å². The SMILES string of the molecule is CC(C)N1CC(O)CC1C(C)(C)O. The summed E-state index contributed by atoms with van der Waals surface area (Å²) in [7, 11) is 0. The Hall–Kier alpha value is -0.120. The van der Waals surface area contributed by atoms with Gasteiger partial charge in [0.15, 0.2) is 0 Å². The van der Waals surface area contributed by atoms with Crippen molar-refractivity contribution in [3.8, 4) is 0 Å². The molecule has 2 unspecified atom stereocenters. The molecular formula is C10H21NO2. The molecule has 1 fully saturated rings. The predicted molar refractivity (Wildman–Crippen MR) is 52.6 cm³/mol. The third-order valence-corrected chi connectivity index (χ3v) is 2.80. The summed E-state index contributed by atoms with van der Waals surface area (Å²) in [6.07, 6.45) is 0.403. The average Bonchev–Trinajstić information content (AvgIpc) is 2.29. The topological polar surface area (TPSA) is 43.7 Å². The maximum absolute atomic E-state index is 9.90. The molecule has 0 aliphatic carbocycles. The minimum absolute atomic E-state index is 0.0856. The van der Waals surface area contributed by atoms with E-state index >= 15 is 0 Å². The first-order chi connectivity index (χ1) is 5.82. The molecule has 1 aliphatic rings. The highest BCUT2D eigenvalue weighted by Crippen LogP contribution is 2.28. The van der Waals surface area contributed by atoms with Crippen molar-refractivity contribution in [2.45, 2.75) is 57.9 Å². The Balaban J connectivity index is 2.72. The number of aliphatic hydroxyl groups is 2. The number of aliphatic hydroxyl groups excluding tert-OH is 1. The molecule has 0 amide bonds. The molecule has 1 rings (SSSR count). The second-order valence-electron chi connectivity index (χ2n) is 4.85. The minimum atomic E-state index is -0.720. The van der Waals surface area contributed by atoms with Crippen LogP contribution in [0.5, 0.6) is 0 Å². The first-order valence-electron chi connectivity index (χ1n) is 4.98. The second kappa shape index (κ2) is 3.56. The summed E-state index contributed by atoms with van der Waals surface area (Å²) < 4.78 is 0. The predicted octanol–water partition coefficient (Wildman–Crippen LogP) is 0.601. The maximum Gasteiger partial charge on any atom is 0.0747 e. The van der Waals surface area contributed by atoms with Gasteiger partial charge in [0.2, 0.25) is 0 Å². The maximum atomic E-state index is 9.90. The van der Waals surface area contributed by atoms with Crippen molar-refractivity contribution in [1.29, 1.82) is 0 Å². The Bertz CT molecular complexity index is 174. The van der Waals surface area contributed by atoms with E-state index in [-0.39, 0.29) is 12.1 Å². The minimum Gasteiger partial charge on any atom is -0.392 e. The Morgan fingerprint density at radius 3 is 2.23 bits per heavy atom. The van der Waals surface area contributed by atoms with Crippen LogP contribution in [0.4, 0.5) is 0 Å². The van der Waals surface area contributed by atoms with Gasteiger partial charge in [0, 0.05) is 18.6 Å². The van der Waals surface area contributed by atoms with Crippen LogP contribution in [0.3, 0.4) is 0 Å². The molecule has 0 radical (unpaired) electrons. The third-order valence-electron chi connectivity index (χ3n) is 2.80. The van der Waals surface area contributed by atoms with E-state index < -0.39 is 5.60 Å². The van der Waals surface area contributed by atoms with E-state index in [1.807, 2.05) is 13.8 Å². The number of rotatable bonds is 2. The molecule has 0 aromatic carbocycles. The van der Waals surface area contributed by atoms with E-state index in [2.05, 4.69) is 18.7 Å². The van der Waals surface area contributed by atoms with Crippen molar-refractivity contribution in [1.82, 2.24) is 4.90 Å². The van der Waals surface area contributed by atoms with Crippen molar-refractivity contribution in [2.24, 2.45) is 0 Å². The van der Waals surface area contributed by atoms with E-state index in [4.69, 9.17) is 0 Å². The van der Waals surface area contributed by atoms with Gasteiger partial charge in [0.1, 0.15) is 0 Å². The van der Waals surface area contributed by atoms with Crippen LogP contribution in [-0.2, 0) is 0 Å². The van der Waals surface area contributed by atoms with Crippen molar-refractivity contribution in [3.63, 3.8) is 0 Å². The lowest BCUT2D eigenvalue weighted by molar-refractivity contribution is -0.0123. The van der Waals surface area contributed by atoms with Crippen LogP contribution >= 0.6 is 0 Å². The van der Waals surface area contributed by atoms with Crippen LogP contribution in [0.1, 0.15) is 34.1 Å². The normalized spacial score (nSPS) is 31.6. The van der Waals surface area contributed by atoms with Crippen LogP contribution in [-0.4, -0.2) is 45.4 Å². The lowest BCUT2D eigenvalue weighted by atomic mass is 9.95. The molecule has 3 nitrogen and oxygen atoms in total. The van der Waals surface area contributed by atoms with E-state index in [9.17, 15) is 10.2 Å². The molecule has 0 aromatic rings. The number of β-amino-alcohol motifs (C(OH)–C–C–N with tert-alkyl or cyclic N) is 1. The van der Waals surface area contributed by atoms with Gasteiger partial charge in [-0.2, -0.15) is 0 Å². The molecule has 78 valence electrons. The monoisotopic (exact) mass is 187 g/mol. The fraction of sp³-hybridized carbons (Fsp3) is 1.00. The van der Waals surface area contributed by atoms with E-state index in [1.165, 1.54) is 0 Å². The molecule has 0 spiro atoms. The van der Waals surface area contributed by atoms with Crippen molar-refractivity contribution >= 4 is 0 Å². The highest BCUT2D eigenvalue weighted by atomic mass is 16.3. The van der Waals surface area contributed by atoms with Gasteiger partial charge in [-0.25, -0.2) is 0 Å². The zero-order valence-electron chi connectivity index (χ0n) is 8.99. The van der Waals surface area contributed by atoms with Crippen LogP contribution in [0.2, 0.25) is 0 Å². The van der Waals surface area contributed by atoms with Gasteiger partial charge in [-0.3, -0.25) is 4.90 Å². The summed E-state index contributed by atoms with van der Waals surface area (Å²) in [6.45, 7) is 8.50. The van der Waals surface area contributed by atoms with Gasteiger partial charge in [0.25, 0.3) is 0 Å². The first kappa shape index (κ1) is 11.0. The van der Waals surface area contributed by atoms with Crippen LogP contribution < -0.4 is 0 Å². The number of hydrogen-bond donors (Lipinski definition) is 2. The Morgan fingerprint density at radius 1 is 1.38 bits per heavy atom. The highest BCUT2D eigenvalue weighted by molar-refractivity contribution is 4.95. The van der Waals surface area contributed by atoms with E-state index in [0.717, 1.165) is 0 Å². The standard InChI is InChI=1S/C10H21NO2/c1-7(2)11-6-8(12)5-9(11)10(3,4)13/h7-9,12-13H,5-6H2,1-4H3. The lowest BCUT2D eigenvalue weighted by Gasteiger charge is -2.35. The van der Waals surface area contributed by atoms with Gasteiger partial charge < -0.3 is 10.2 Å². The quantitative estimate of drug-likeness (QED) is 0.665. The number of likely N-dealkylation sites (tertiary alicyclic amines) is 1. The largest absolute Gasteiger partial charge is 0.392 e. The summed E-state index contributed by atoms with van der Waals surface area (Å²) >= 11 is 0. The number of nitrogens with zero attached hydrogens (tertiary/aromatic N) is 1. The molecule has 0 saturated carbocycles. The summed E-state index contributed by atoms with van der Waals surface area (Å²) in [5.41, 5.74) is -0.720. The molecule has 0 aromatic heterocycles. The molecule has 13 heavy (non-hydrogen) atoms. The van der Waals surface area contributed by atoms with Crippen molar-refractivity contribution in [3.05, 3.63) is 0 Å². The Kier molecular flexibility index (Phi) is 3.00. The molecule has 3 heteroatoms. The van der Waals surface area contributed by atoms with E-state index in [0.29, 0.717) is 19.0 Å². The van der Waals surface area contributed by atoms with Gasteiger partial charge >= 0.3 is 0 Å². The molecule has 1 saturated heterocycles. The zero-order chi connectivity index (χ0) is 10.2. The summed E-state index contributed by atoms with van der Waals surface area (Å²) in [4.78, 5) is 2.17. The van der Waals surface area contributed by atoms with Crippen LogP contribution in [0, 0.1) is 0 Å². The molecule has 1 heterocycles. The number of hydrogen-bond acceptors (Lipinski definition) is 3. The third kappa shape index (κ3) is 2.42. The van der Waals surface area contributed by atoms with Crippen LogP contribution in [0.25, 0.3) is 0 Å². The van der Waals surface area contributed by atoms with Gasteiger partial charge in [-0.1, -0.05) is 0 Å². The summed E-state index contributed by atoms with van der Waals surface area (Å²) in [5, 5.41) is 19.4. The Morgan fingerprint density at radius 2 is 1.92 bits per heavy atom. The lowest BCUT2D eigenvalue weighted by Crippen LogP contribution is -2.48. The van der Waals surface area contributed by atoms with Crippen LogP contribution in [0.15, 0.2) is 0 Å². The van der Waals surface area contributed by atoms with Crippen molar-refractivity contribution < 1.29 is 10.2 Å². The average molecular weight is 187 g/mol. The molecule has 0 bridgehead atoms. The second-order valence-corrected chi connectivity index (χ2v) is 4.85. The summed E-state index contributed by atoms with van der Waals surface area (Å²) in [5.74, 6) is 0. The first-order valence-corrected chi connectivity index (χ1v) is 4.98. The molecule has 2 N–H and O–H groups in total. The Labute approximate surface area is 80.4 Å². The highest BCUT2D eigenvalue weighted by Gasteiger charge is 2.40. The zero-order valence-corrected chi connectivity index (χ0v) is 8.99. The van der Waals surface area contributed by atoms with Gasteiger partial charge in [0.05, 0.1) is 11.7 Å². The molecular weight excluding hydrogens is 166 g/mol. The fourth-order valence-corrected chi connectivity index (χ4v) is 2.10.